The first kappa shape index (κ1) is 28.3. The fourth-order valence-electron chi connectivity index (χ4n) is 4.42. The molecule has 0 spiro atoms. The van der Waals surface area contributed by atoms with Crippen molar-refractivity contribution in [1.82, 2.24) is 0 Å². The third-order valence-electron chi connectivity index (χ3n) is 5.79. The van der Waals surface area contributed by atoms with E-state index in [0.29, 0.717) is 27.5 Å². The summed E-state index contributed by atoms with van der Waals surface area (Å²) in [7, 11) is -9.27. The second-order valence-electron chi connectivity index (χ2n) is 8.64. The number of benzene rings is 3. The van der Waals surface area contributed by atoms with Crippen LogP contribution in [0.4, 0.5) is 13.2 Å². The van der Waals surface area contributed by atoms with Crippen LogP contribution in [0.5, 0.6) is 0 Å². The maximum Gasteiger partial charge on any atom is 0.524 e. The summed E-state index contributed by atoms with van der Waals surface area (Å²) in [5.41, 5.74) is -2.78. The Kier molecular flexibility index (Phi) is 9.30. The molecule has 0 radical (unpaired) electrons. The lowest BCUT2D eigenvalue weighted by Gasteiger charge is -2.42. The van der Waals surface area contributed by atoms with Gasteiger partial charge < -0.3 is 0 Å². The maximum atomic E-state index is 13.9. The summed E-state index contributed by atoms with van der Waals surface area (Å²) in [6, 6.07) is 21.0. The molecule has 0 heterocycles. The number of hydrogen-bond donors (Lipinski definition) is 0. The Morgan fingerprint density at radius 3 is 1.47 bits per heavy atom. The van der Waals surface area contributed by atoms with Crippen molar-refractivity contribution >= 4 is 20.4 Å². The molecule has 0 aliphatic rings. The van der Waals surface area contributed by atoms with Gasteiger partial charge in [0.2, 0.25) is 0 Å². The van der Waals surface area contributed by atoms with Crippen LogP contribution < -0.4 is 0 Å². The van der Waals surface area contributed by atoms with Crippen LogP contribution in [0.15, 0.2) is 87.5 Å². The van der Waals surface area contributed by atoms with E-state index in [4.69, 9.17) is 3.63 Å². The molecule has 0 aliphatic heterocycles. The van der Waals surface area contributed by atoms with Crippen molar-refractivity contribution in [2.45, 2.75) is 79.5 Å². The molecule has 196 valence electrons. The minimum Gasteiger partial charge on any atom is -0.200 e. The van der Waals surface area contributed by atoms with Gasteiger partial charge in [-0.05, 0) is 70.5 Å². The molecule has 0 fully saturated rings. The third-order valence-corrected chi connectivity index (χ3v) is 10.9. The van der Waals surface area contributed by atoms with E-state index in [1.165, 1.54) is 0 Å². The smallest absolute Gasteiger partial charge is 0.200 e. The summed E-state index contributed by atoms with van der Waals surface area (Å²) < 4.78 is 72.7. The van der Waals surface area contributed by atoms with Crippen LogP contribution in [0.1, 0.15) is 56.7 Å². The highest BCUT2D eigenvalue weighted by atomic mass is 32.3. The van der Waals surface area contributed by atoms with Gasteiger partial charge in [-0.3, -0.25) is 0 Å². The number of hydrogen-bond acceptors (Lipinski definition) is 3. The Morgan fingerprint density at radius 2 is 1.11 bits per heavy atom. The number of alkyl halides is 3. The molecule has 36 heavy (non-hydrogen) atoms. The first-order valence-electron chi connectivity index (χ1n) is 12.2. The predicted molar refractivity (Wildman–Crippen MR) is 140 cm³/mol. The molecule has 0 bridgehead atoms. The van der Waals surface area contributed by atoms with Crippen LogP contribution in [-0.4, -0.2) is 13.9 Å². The number of halogens is 3. The van der Waals surface area contributed by atoms with Gasteiger partial charge in [0, 0.05) is 14.7 Å². The zero-order valence-electron chi connectivity index (χ0n) is 20.8. The van der Waals surface area contributed by atoms with Crippen LogP contribution in [0.3, 0.4) is 0 Å². The minimum absolute atomic E-state index is 0.405. The van der Waals surface area contributed by atoms with Gasteiger partial charge in [0.15, 0.2) is 0 Å². The van der Waals surface area contributed by atoms with Crippen molar-refractivity contribution in [2.24, 2.45) is 0 Å². The largest absolute Gasteiger partial charge is 0.524 e. The molecule has 3 aromatic rings. The van der Waals surface area contributed by atoms with Crippen molar-refractivity contribution in [3.8, 4) is 0 Å². The Hall–Kier alpha value is -2.29. The van der Waals surface area contributed by atoms with Gasteiger partial charge in [0.1, 0.15) is 0 Å². The van der Waals surface area contributed by atoms with Gasteiger partial charge in [-0.2, -0.15) is 25.2 Å². The van der Waals surface area contributed by atoms with Gasteiger partial charge in [-0.1, -0.05) is 88.6 Å². The van der Waals surface area contributed by atoms with E-state index in [0.717, 1.165) is 42.4 Å². The summed E-state index contributed by atoms with van der Waals surface area (Å²) in [4.78, 5) is 1.38. The fourth-order valence-corrected chi connectivity index (χ4v) is 9.59. The van der Waals surface area contributed by atoms with Gasteiger partial charge in [0.05, 0.1) is 0 Å². The van der Waals surface area contributed by atoms with E-state index in [1.54, 1.807) is 60.7 Å². The lowest BCUT2D eigenvalue weighted by Crippen LogP contribution is -2.28. The molecule has 0 amide bonds. The Morgan fingerprint density at radius 1 is 0.694 bits per heavy atom. The quantitative estimate of drug-likeness (QED) is 0.230. The average Bonchev–Trinajstić information content (AvgIpc) is 2.84. The van der Waals surface area contributed by atoms with Crippen LogP contribution in [0, 0.1) is 0 Å². The summed E-state index contributed by atoms with van der Waals surface area (Å²) in [6.07, 6.45) is 4.43. The highest BCUT2D eigenvalue weighted by Gasteiger charge is 2.53. The van der Waals surface area contributed by atoms with Gasteiger partial charge in [-0.25, -0.2) is 0 Å². The average molecular weight is 539 g/mol. The van der Waals surface area contributed by atoms with E-state index < -0.39 is 25.9 Å². The SMILES string of the molecule is CCCc1cc(CCC)c(S(OS(=O)(=O)C(F)(F)F)(c2ccccc2)c2ccccc2)c(CCC)c1. The Labute approximate surface area is 214 Å². The van der Waals surface area contributed by atoms with Crippen molar-refractivity contribution in [3.05, 3.63) is 89.5 Å². The highest BCUT2D eigenvalue weighted by molar-refractivity contribution is 8.33. The summed E-state index contributed by atoms with van der Waals surface area (Å²) >= 11 is 0. The van der Waals surface area contributed by atoms with Gasteiger partial charge in [0.25, 0.3) is 0 Å². The second-order valence-corrected chi connectivity index (χ2v) is 13.0. The zero-order chi connectivity index (χ0) is 26.4. The monoisotopic (exact) mass is 538 g/mol. The highest BCUT2D eigenvalue weighted by Crippen LogP contribution is 2.72. The Balaban J connectivity index is 2.55. The van der Waals surface area contributed by atoms with E-state index in [1.807, 2.05) is 26.0 Å². The fraction of sp³-hybridized carbons (Fsp3) is 0.357. The summed E-state index contributed by atoms with van der Waals surface area (Å²) in [5.74, 6) is 0. The van der Waals surface area contributed by atoms with Gasteiger partial charge >= 0.3 is 15.6 Å². The lowest BCUT2D eigenvalue weighted by molar-refractivity contribution is -0.0496. The summed E-state index contributed by atoms with van der Waals surface area (Å²) in [6.45, 7) is 6.09. The second kappa shape index (κ2) is 11.8. The normalized spacial score (nSPS) is 13.1. The minimum atomic E-state index is -5.95. The van der Waals surface area contributed by atoms with Gasteiger partial charge in [-0.15, -0.1) is 0 Å². The maximum absolute atomic E-state index is 13.9. The van der Waals surface area contributed by atoms with Crippen molar-refractivity contribution in [1.29, 1.82) is 0 Å². The molecule has 8 heteroatoms. The van der Waals surface area contributed by atoms with E-state index in [2.05, 4.69) is 6.92 Å². The molecule has 0 aliphatic carbocycles. The molecule has 0 saturated carbocycles. The van der Waals surface area contributed by atoms with Crippen LogP contribution >= 0.6 is 10.3 Å². The van der Waals surface area contributed by atoms with Crippen LogP contribution in [0.25, 0.3) is 0 Å². The lowest BCUT2D eigenvalue weighted by atomic mass is 9.97. The molecule has 3 nitrogen and oxygen atoms in total. The molecule has 0 aromatic heterocycles. The molecule has 3 rings (SSSR count). The predicted octanol–water partition coefficient (Wildman–Crippen LogP) is 8.61. The van der Waals surface area contributed by atoms with Crippen molar-refractivity contribution in [3.63, 3.8) is 0 Å². The first-order chi connectivity index (χ1) is 17.1. The van der Waals surface area contributed by atoms with E-state index >= 15 is 0 Å². The molecular weight excluding hydrogens is 505 g/mol. The Bertz CT molecular complexity index is 1180. The van der Waals surface area contributed by atoms with Crippen molar-refractivity contribution in [2.75, 3.05) is 0 Å². The zero-order valence-corrected chi connectivity index (χ0v) is 22.5. The van der Waals surface area contributed by atoms with E-state index in [-0.39, 0.29) is 0 Å². The topological polar surface area (TPSA) is 43.4 Å². The summed E-state index contributed by atoms with van der Waals surface area (Å²) in [5, 5.41) is 0. The van der Waals surface area contributed by atoms with Crippen LogP contribution in [0.2, 0.25) is 0 Å². The standard InChI is InChI=1S/C28H33F3O3S2/c1-4-13-22-20-23(14-5-2)27(24(21-22)15-6-3)35(25-16-9-7-10-17-25,26-18-11-8-12-19-26)34-36(32,33)28(29,30)31/h7-12,16-21H,4-6,13-15H2,1-3H3. The van der Waals surface area contributed by atoms with E-state index in [9.17, 15) is 21.6 Å². The first-order valence-corrected chi connectivity index (χ1v) is 15.2. The molecule has 0 N–H and O–H groups in total. The third kappa shape index (κ3) is 5.82. The molecular formula is C28H33F3O3S2. The molecule has 0 unspecified atom stereocenters. The van der Waals surface area contributed by atoms with Crippen LogP contribution in [-0.2, 0) is 33.0 Å². The molecule has 3 aromatic carbocycles. The number of rotatable bonds is 11. The molecule has 0 saturated heterocycles. The van der Waals surface area contributed by atoms with Crippen molar-refractivity contribution < 1.29 is 25.2 Å². The molecule has 0 atom stereocenters. The number of aryl methyl sites for hydroxylation is 3.